The quantitative estimate of drug-likeness (QED) is 0.601. The first-order valence-electron chi connectivity index (χ1n) is 6.85. The molecule has 21 heavy (non-hydrogen) atoms. The van der Waals surface area contributed by atoms with E-state index in [1.807, 2.05) is 32.0 Å². The van der Waals surface area contributed by atoms with Crippen molar-refractivity contribution in [2.45, 2.75) is 20.0 Å². The number of nitrogens with two attached hydrogens (primary N) is 1. The Hall–Kier alpha value is -2.50. The van der Waals surface area contributed by atoms with Crippen LogP contribution in [0.5, 0.6) is 11.6 Å². The molecule has 0 bridgehead atoms. The average Bonchev–Trinajstić information content (AvgIpc) is 2.45. The third-order valence-electron chi connectivity index (χ3n) is 2.55. The van der Waals surface area contributed by atoms with Crippen LogP contribution in [-0.2, 0) is 0 Å². The monoisotopic (exact) mass is 288 g/mol. The van der Waals surface area contributed by atoms with E-state index in [1.54, 1.807) is 18.5 Å². The number of aromatic nitrogens is 2. The maximum absolute atomic E-state index is 5.80. The summed E-state index contributed by atoms with van der Waals surface area (Å²) in [5.41, 5.74) is 6.43. The summed E-state index contributed by atoms with van der Waals surface area (Å²) in [4.78, 5) is 8.38. The fourth-order valence-electron chi connectivity index (χ4n) is 1.68. The molecule has 6 heteroatoms. The van der Waals surface area contributed by atoms with E-state index in [1.165, 1.54) is 0 Å². The number of anilines is 2. The van der Waals surface area contributed by atoms with Crippen LogP contribution in [0.2, 0.25) is 0 Å². The zero-order valence-electron chi connectivity index (χ0n) is 12.2. The summed E-state index contributed by atoms with van der Waals surface area (Å²) in [7, 11) is 0. The molecule has 2 aromatic rings. The van der Waals surface area contributed by atoms with E-state index in [9.17, 15) is 0 Å². The summed E-state index contributed by atoms with van der Waals surface area (Å²) >= 11 is 0. The smallest absolute Gasteiger partial charge is 0.234 e. The van der Waals surface area contributed by atoms with E-state index in [2.05, 4.69) is 15.3 Å². The standard InChI is InChI=1S/C15H20N4O2/c1-11(2)21-15-10-17-9-14(19-15)18-7-8-20-13-6-4-3-5-12(13)16/h3-6,9-11H,7-8,16H2,1-2H3,(H,18,19). The van der Waals surface area contributed by atoms with Crippen molar-refractivity contribution in [2.75, 3.05) is 24.2 Å². The second-order valence-corrected chi connectivity index (χ2v) is 4.72. The fourth-order valence-corrected chi connectivity index (χ4v) is 1.68. The lowest BCUT2D eigenvalue weighted by atomic mass is 10.3. The van der Waals surface area contributed by atoms with Crippen molar-refractivity contribution in [2.24, 2.45) is 0 Å². The Morgan fingerprint density at radius 1 is 1.24 bits per heavy atom. The van der Waals surface area contributed by atoms with Gasteiger partial charge in [-0.05, 0) is 26.0 Å². The Morgan fingerprint density at radius 3 is 2.81 bits per heavy atom. The van der Waals surface area contributed by atoms with Crippen LogP contribution >= 0.6 is 0 Å². The normalized spacial score (nSPS) is 10.4. The number of nitrogen functional groups attached to an aromatic ring is 1. The number of rotatable bonds is 7. The lowest BCUT2D eigenvalue weighted by Gasteiger charge is -2.11. The maximum atomic E-state index is 5.80. The van der Waals surface area contributed by atoms with Gasteiger partial charge in [-0.1, -0.05) is 12.1 Å². The lowest BCUT2D eigenvalue weighted by Crippen LogP contribution is -2.14. The molecule has 0 amide bonds. The summed E-state index contributed by atoms with van der Waals surface area (Å²) in [6.45, 7) is 4.96. The third-order valence-corrected chi connectivity index (χ3v) is 2.55. The van der Waals surface area contributed by atoms with Crippen molar-refractivity contribution < 1.29 is 9.47 Å². The van der Waals surface area contributed by atoms with E-state index in [0.717, 1.165) is 0 Å². The number of hydrogen-bond donors (Lipinski definition) is 2. The molecule has 0 aliphatic heterocycles. The molecular formula is C15H20N4O2. The third kappa shape index (κ3) is 4.83. The van der Waals surface area contributed by atoms with Gasteiger partial charge in [0.1, 0.15) is 18.2 Å². The summed E-state index contributed by atoms with van der Waals surface area (Å²) in [5.74, 6) is 1.84. The lowest BCUT2D eigenvalue weighted by molar-refractivity contribution is 0.232. The Kier molecular flexibility index (Phi) is 5.20. The van der Waals surface area contributed by atoms with Gasteiger partial charge in [0.05, 0.1) is 30.7 Å². The highest BCUT2D eigenvalue weighted by Gasteiger charge is 2.02. The van der Waals surface area contributed by atoms with Gasteiger partial charge in [0.2, 0.25) is 5.88 Å². The Labute approximate surface area is 124 Å². The Morgan fingerprint density at radius 2 is 2.05 bits per heavy atom. The molecule has 0 radical (unpaired) electrons. The van der Waals surface area contributed by atoms with Crippen molar-refractivity contribution in [1.82, 2.24) is 9.97 Å². The second-order valence-electron chi connectivity index (χ2n) is 4.72. The minimum atomic E-state index is 0.0685. The summed E-state index contributed by atoms with van der Waals surface area (Å²) in [5, 5.41) is 3.13. The summed E-state index contributed by atoms with van der Waals surface area (Å²) in [6, 6.07) is 7.40. The molecule has 0 unspecified atom stereocenters. The van der Waals surface area contributed by atoms with Crippen molar-refractivity contribution in [1.29, 1.82) is 0 Å². The van der Waals surface area contributed by atoms with Gasteiger partial charge >= 0.3 is 0 Å². The molecule has 0 saturated heterocycles. The zero-order chi connectivity index (χ0) is 15.1. The molecule has 0 atom stereocenters. The van der Waals surface area contributed by atoms with Crippen molar-refractivity contribution >= 4 is 11.5 Å². The molecule has 0 fully saturated rings. The Bertz CT molecular complexity index is 575. The molecule has 1 aromatic heterocycles. The molecule has 3 N–H and O–H groups in total. The van der Waals surface area contributed by atoms with E-state index in [4.69, 9.17) is 15.2 Å². The highest BCUT2D eigenvalue weighted by molar-refractivity contribution is 5.51. The molecule has 0 spiro atoms. The van der Waals surface area contributed by atoms with Crippen LogP contribution in [0.15, 0.2) is 36.7 Å². The van der Waals surface area contributed by atoms with Crippen LogP contribution in [0, 0.1) is 0 Å². The number of hydrogen-bond acceptors (Lipinski definition) is 6. The first-order valence-corrected chi connectivity index (χ1v) is 6.85. The highest BCUT2D eigenvalue weighted by atomic mass is 16.5. The molecule has 0 aliphatic rings. The predicted octanol–water partition coefficient (Wildman–Crippen LogP) is 2.34. The van der Waals surface area contributed by atoms with Gasteiger partial charge < -0.3 is 20.5 Å². The van der Waals surface area contributed by atoms with Crippen LogP contribution in [0.4, 0.5) is 11.5 Å². The fraction of sp³-hybridized carbons (Fsp3) is 0.333. The zero-order valence-corrected chi connectivity index (χ0v) is 12.2. The number of ether oxygens (including phenoxy) is 2. The van der Waals surface area contributed by atoms with Crippen LogP contribution in [0.3, 0.4) is 0 Å². The molecular weight excluding hydrogens is 268 g/mol. The van der Waals surface area contributed by atoms with E-state index in [0.29, 0.717) is 36.3 Å². The maximum Gasteiger partial charge on any atom is 0.234 e. The van der Waals surface area contributed by atoms with Gasteiger partial charge in [-0.2, -0.15) is 4.98 Å². The summed E-state index contributed by atoms with van der Waals surface area (Å²) in [6.07, 6.45) is 3.30. The van der Waals surface area contributed by atoms with Gasteiger partial charge in [0, 0.05) is 0 Å². The van der Waals surface area contributed by atoms with Crippen LogP contribution < -0.4 is 20.5 Å². The largest absolute Gasteiger partial charge is 0.490 e. The molecule has 1 aromatic carbocycles. The van der Waals surface area contributed by atoms with Crippen molar-refractivity contribution in [3.8, 4) is 11.6 Å². The van der Waals surface area contributed by atoms with E-state index >= 15 is 0 Å². The van der Waals surface area contributed by atoms with Gasteiger partial charge in [-0.15, -0.1) is 0 Å². The van der Waals surface area contributed by atoms with Gasteiger partial charge in [0.15, 0.2) is 0 Å². The molecule has 6 nitrogen and oxygen atoms in total. The molecule has 2 rings (SSSR count). The van der Waals surface area contributed by atoms with Crippen LogP contribution in [0.1, 0.15) is 13.8 Å². The predicted molar refractivity (Wildman–Crippen MR) is 82.6 cm³/mol. The molecule has 0 aliphatic carbocycles. The van der Waals surface area contributed by atoms with Gasteiger partial charge in [-0.3, -0.25) is 4.98 Å². The molecule has 112 valence electrons. The van der Waals surface area contributed by atoms with Gasteiger partial charge in [0.25, 0.3) is 0 Å². The number of benzene rings is 1. The number of nitrogens with one attached hydrogen (secondary N) is 1. The topological polar surface area (TPSA) is 82.3 Å². The highest BCUT2D eigenvalue weighted by Crippen LogP contribution is 2.19. The van der Waals surface area contributed by atoms with Crippen molar-refractivity contribution in [3.05, 3.63) is 36.7 Å². The number of nitrogens with zero attached hydrogens (tertiary/aromatic N) is 2. The SMILES string of the molecule is CC(C)Oc1cncc(NCCOc2ccccc2N)n1. The minimum absolute atomic E-state index is 0.0685. The van der Waals surface area contributed by atoms with E-state index < -0.39 is 0 Å². The summed E-state index contributed by atoms with van der Waals surface area (Å²) < 4.78 is 11.1. The number of para-hydroxylation sites is 2. The van der Waals surface area contributed by atoms with E-state index in [-0.39, 0.29) is 6.10 Å². The minimum Gasteiger partial charge on any atom is -0.490 e. The average molecular weight is 288 g/mol. The second kappa shape index (κ2) is 7.33. The van der Waals surface area contributed by atoms with Crippen LogP contribution in [0.25, 0.3) is 0 Å². The first kappa shape index (κ1) is 14.9. The van der Waals surface area contributed by atoms with Crippen LogP contribution in [-0.4, -0.2) is 29.2 Å². The first-order chi connectivity index (χ1) is 10.1. The molecule has 1 heterocycles. The molecule has 0 saturated carbocycles. The van der Waals surface area contributed by atoms with Gasteiger partial charge in [-0.25, -0.2) is 0 Å². The Balaban J connectivity index is 1.80. The van der Waals surface area contributed by atoms with Crippen molar-refractivity contribution in [3.63, 3.8) is 0 Å².